The minimum Gasteiger partial charge on any atom is -0.206 e. The lowest BCUT2D eigenvalue weighted by molar-refractivity contribution is 0.400. The Bertz CT molecular complexity index is 717. The lowest BCUT2D eigenvalue weighted by Gasteiger charge is -2.20. The normalized spacial score (nSPS) is 15.8. The summed E-state index contributed by atoms with van der Waals surface area (Å²) in [5.74, 6) is 0.361. The summed E-state index contributed by atoms with van der Waals surface area (Å²) in [5, 5.41) is 3.99. The Labute approximate surface area is 138 Å². The molecule has 1 saturated carbocycles. The van der Waals surface area contributed by atoms with Crippen LogP contribution in [0.3, 0.4) is 0 Å². The first kappa shape index (κ1) is 15.5. The van der Waals surface area contributed by atoms with Crippen molar-refractivity contribution in [3.05, 3.63) is 38.9 Å². The van der Waals surface area contributed by atoms with Gasteiger partial charge in [0.2, 0.25) is 0 Å². The Morgan fingerprint density at radius 2 is 2.19 bits per heavy atom. The molecule has 1 aliphatic carbocycles. The minimum atomic E-state index is -3.43. The van der Waals surface area contributed by atoms with Crippen LogP contribution >= 0.6 is 34.3 Å². The van der Waals surface area contributed by atoms with Crippen LogP contribution in [-0.2, 0) is 22.4 Å². The second-order valence-corrected chi connectivity index (χ2v) is 9.52. The highest BCUT2D eigenvalue weighted by Gasteiger charge is 2.39. The highest BCUT2D eigenvalue weighted by Crippen LogP contribution is 2.37. The minimum absolute atomic E-state index is 0.150. The summed E-state index contributed by atoms with van der Waals surface area (Å²) < 4.78 is 27.9. The second-order valence-electron chi connectivity index (χ2n) is 5.22. The number of hydrogen-bond donors (Lipinski definition) is 0. The molecule has 0 unspecified atom stereocenters. The molecule has 0 spiro atoms. The highest BCUT2D eigenvalue weighted by atomic mass is 35.5. The molecule has 0 saturated heterocycles. The van der Waals surface area contributed by atoms with E-state index in [0.717, 1.165) is 28.8 Å². The van der Waals surface area contributed by atoms with E-state index in [4.69, 9.17) is 11.6 Å². The predicted molar refractivity (Wildman–Crippen MR) is 88.7 cm³/mol. The van der Waals surface area contributed by atoms with Gasteiger partial charge in [0.05, 0.1) is 5.88 Å². The van der Waals surface area contributed by atoms with Crippen molar-refractivity contribution in [1.29, 1.82) is 0 Å². The molecule has 0 radical (unpaired) electrons. The van der Waals surface area contributed by atoms with Crippen molar-refractivity contribution in [2.45, 2.75) is 42.4 Å². The summed E-state index contributed by atoms with van der Waals surface area (Å²) in [6, 6.07) is 3.89. The van der Waals surface area contributed by atoms with Crippen LogP contribution in [0, 0.1) is 6.92 Å². The zero-order valence-electron chi connectivity index (χ0n) is 11.6. The molecule has 0 atom stereocenters. The van der Waals surface area contributed by atoms with E-state index in [1.165, 1.54) is 11.3 Å². The van der Waals surface area contributed by atoms with E-state index < -0.39 is 10.0 Å². The van der Waals surface area contributed by atoms with Gasteiger partial charge in [0, 0.05) is 17.5 Å². The summed E-state index contributed by atoms with van der Waals surface area (Å²) in [4.78, 5) is 0.932. The molecule has 114 valence electrons. The maximum Gasteiger partial charge on any atom is 0.253 e. The first-order valence-electron chi connectivity index (χ1n) is 6.70. The number of sulfonamides is 1. The number of alkyl halides is 1. The fraction of sp³-hybridized carbons (Fsp3) is 0.429. The van der Waals surface area contributed by atoms with Gasteiger partial charge < -0.3 is 0 Å². The summed E-state index contributed by atoms with van der Waals surface area (Å²) in [6.45, 7) is 2.37. The lowest BCUT2D eigenvalue weighted by Crippen LogP contribution is -2.32. The zero-order valence-corrected chi connectivity index (χ0v) is 14.8. The van der Waals surface area contributed by atoms with Gasteiger partial charge in [0.1, 0.15) is 4.21 Å². The second kappa shape index (κ2) is 6.01. The quantitative estimate of drug-likeness (QED) is 0.723. The maximum absolute atomic E-state index is 12.9. The molecule has 0 aromatic carbocycles. The number of nitrogens with zero attached hydrogens (tertiary/aromatic N) is 1. The molecule has 2 aromatic heterocycles. The van der Waals surface area contributed by atoms with Crippen molar-refractivity contribution in [1.82, 2.24) is 4.31 Å². The molecule has 0 N–H and O–H groups in total. The molecule has 0 aliphatic heterocycles. The molecular weight excluding hydrogens is 346 g/mol. The van der Waals surface area contributed by atoms with Crippen LogP contribution in [0.25, 0.3) is 0 Å². The van der Waals surface area contributed by atoms with Crippen LogP contribution in [-0.4, -0.2) is 18.8 Å². The van der Waals surface area contributed by atoms with Gasteiger partial charge in [-0.15, -0.1) is 22.9 Å². The number of aryl methyl sites for hydroxylation is 1. The van der Waals surface area contributed by atoms with Gasteiger partial charge in [-0.2, -0.15) is 15.6 Å². The van der Waals surface area contributed by atoms with Gasteiger partial charge in [0.25, 0.3) is 10.0 Å². The van der Waals surface area contributed by atoms with Gasteiger partial charge in [-0.05, 0) is 53.8 Å². The van der Waals surface area contributed by atoms with Crippen LogP contribution in [0.5, 0.6) is 0 Å². The van der Waals surface area contributed by atoms with Crippen molar-refractivity contribution in [3.8, 4) is 0 Å². The topological polar surface area (TPSA) is 37.4 Å². The highest BCUT2D eigenvalue weighted by molar-refractivity contribution is 7.91. The van der Waals surface area contributed by atoms with Gasteiger partial charge in [-0.1, -0.05) is 0 Å². The summed E-state index contributed by atoms with van der Waals surface area (Å²) in [6.07, 6.45) is 1.91. The molecule has 0 bridgehead atoms. The molecular formula is C14H16ClNO2S3. The summed E-state index contributed by atoms with van der Waals surface area (Å²) in [7, 11) is -3.43. The Morgan fingerprint density at radius 1 is 1.43 bits per heavy atom. The fourth-order valence-electron chi connectivity index (χ4n) is 2.20. The average Bonchev–Trinajstić information content (AvgIpc) is 3.00. The van der Waals surface area contributed by atoms with E-state index in [0.29, 0.717) is 16.6 Å². The number of halogens is 1. The van der Waals surface area contributed by atoms with E-state index in [1.807, 2.05) is 23.8 Å². The zero-order chi connectivity index (χ0) is 15.0. The molecule has 1 fully saturated rings. The first-order chi connectivity index (χ1) is 10.0. The third-order valence-corrected chi connectivity index (χ3v) is 8.30. The van der Waals surface area contributed by atoms with Crippen molar-refractivity contribution in [2.24, 2.45) is 0 Å². The molecule has 7 heteroatoms. The van der Waals surface area contributed by atoms with Crippen LogP contribution in [0.15, 0.2) is 27.1 Å². The van der Waals surface area contributed by atoms with Gasteiger partial charge >= 0.3 is 0 Å². The maximum atomic E-state index is 12.9. The van der Waals surface area contributed by atoms with E-state index in [2.05, 4.69) is 0 Å². The Kier molecular flexibility index (Phi) is 4.43. The van der Waals surface area contributed by atoms with E-state index >= 15 is 0 Å². The third kappa shape index (κ3) is 3.19. The SMILES string of the molecule is Cc1cc(S(=O)(=O)N(Cc2ccsc2)C2CC2)sc1CCl. The number of thiophene rings is 2. The molecule has 2 aromatic rings. The van der Waals surface area contributed by atoms with Crippen LogP contribution in [0.1, 0.15) is 28.8 Å². The first-order valence-corrected chi connectivity index (χ1v) is 10.4. The molecule has 21 heavy (non-hydrogen) atoms. The number of rotatable bonds is 6. The molecule has 3 rings (SSSR count). The summed E-state index contributed by atoms with van der Waals surface area (Å²) in [5.41, 5.74) is 2.01. The monoisotopic (exact) mass is 361 g/mol. The largest absolute Gasteiger partial charge is 0.253 e. The molecule has 2 heterocycles. The molecule has 3 nitrogen and oxygen atoms in total. The molecule has 1 aliphatic rings. The van der Waals surface area contributed by atoms with Gasteiger partial charge in [0.15, 0.2) is 0 Å². The van der Waals surface area contributed by atoms with E-state index in [9.17, 15) is 8.42 Å². The van der Waals surface area contributed by atoms with Gasteiger partial charge in [-0.25, -0.2) is 8.42 Å². The molecule has 0 amide bonds. The standard InChI is InChI=1S/C14H16ClNO2S3/c1-10-6-14(20-13(10)7-15)21(17,18)16(12-2-3-12)8-11-4-5-19-9-11/h4-6,9,12H,2-3,7-8H2,1H3. The lowest BCUT2D eigenvalue weighted by atomic mass is 10.3. The Morgan fingerprint density at radius 3 is 2.71 bits per heavy atom. The number of hydrogen-bond acceptors (Lipinski definition) is 4. The fourth-order valence-corrected chi connectivity index (χ4v) is 6.48. The average molecular weight is 362 g/mol. The van der Waals surface area contributed by atoms with Crippen LogP contribution in [0.2, 0.25) is 0 Å². The van der Waals surface area contributed by atoms with Crippen LogP contribution < -0.4 is 0 Å². The van der Waals surface area contributed by atoms with E-state index in [1.54, 1.807) is 21.7 Å². The van der Waals surface area contributed by atoms with Crippen molar-refractivity contribution in [2.75, 3.05) is 0 Å². The van der Waals surface area contributed by atoms with Crippen molar-refractivity contribution >= 4 is 44.3 Å². The summed E-state index contributed by atoms with van der Waals surface area (Å²) >= 11 is 8.76. The predicted octanol–water partition coefficient (Wildman–Crippen LogP) is 4.21. The van der Waals surface area contributed by atoms with Gasteiger partial charge in [-0.3, -0.25) is 0 Å². The Balaban J connectivity index is 1.93. The Hall–Kier alpha value is -0.400. The van der Waals surface area contributed by atoms with Crippen molar-refractivity contribution < 1.29 is 8.42 Å². The smallest absolute Gasteiger partial charge is 0.206 e. The van der Waals surface area contributed by atoms with Crippen molar-refractivity contribution in [3.63, 3.8) is 0 Å². The van der Waals surface area contributed by atoms with E-state index in [-0.39, 0.29) is 6.04 Å². The van der Waals surface area contributed by atoms with Crippen LogP contribution in [0.4, 0.5) is 0 Å². The third-order valence-electron chi connectivity index (χ3n) is 3.55.